The van der Waals surface area contributed by atoms with Crippen LogP contribution in [-0.2, 0) is 4.74 Å². The molecule has 1 saturated carbocycles. The number of carboxylic acids is 1. The Morgan fingerprint density at radius 3 is 2.65 bits per heavy atom. The van der Waals surface area contributed by atoms with Gasteiger partial charge < -0.3 is 15.2 Å². The van der Waals surface area contributed by atoms with E-state index in [1.165, 1.54) is 31.4 Å². The molecule has 124 valence electrons. The van der Waals surface area contributed by atoms with E-state index in [9.17, 15) is 9.59 Å². The van der Waals surface area contributed by atoms with Crippen molar-refractivity contribution in [1.29, 1.82) is 0 Å². The van der Waals surface area contributed by atoms with Crippen molar-refractivity contribution in [1.82, 2.24) is 5.32 Å². The van der Waals surface area contributed by atoms with E-state index in [1.807, 2.05) is 0 Å². The minimum absolute atomic E-state index is 0.0582. The van der Waals surface area contributed by atoms with E-state index in [0.29, 0.717) is 12.2 Å². The summed E-state index contributed by atoms with van der Waals surface area (Å²) in [5, 5.41) is 12.1. The van der Waals surface area contributed by atoms with Crippen LogP contribution < -0.4 is 5.32 Å². The smallest absolute Gasteiger partial charge is 0.335 e. The Hall–Kier alpha value is -1.88. The lowest BCUT2D eigenvalue weighted by Crippen LogP contribution is -2.49. The minimum Gasteiger partial charge on any atom is -0.478 e. The molecule has 1 aliphatic carbocycles. The van der Waals surface area contributed by atoms with Gasteiger partial charge in [-0.25, -0.2) is 4.79 Å². The van der Waals surface area contributed by atoms with E-state index < -0.39 is 5.97 Å². The molecule has 1 atom stereocenters. The third-order valence-corrected chi connectivity index (χ3v) is 4.96. The van der Waals surface area contributed by atoms with Gasteiger partial charge in [-0.1, -0.05) is 25.3 Å². The number of rotatable bonds is 3. The number of benzene rings is 1. The van der Waals surface area contributed by atoms with Crippen molar-refractivity contribution in [3.8, 4) is 0 Å². The Morgan fingerprint density at radius 1 is 1.17 bits per heavy atom. The molecular formula is C18H23NO4. The maximum absolute atomic E-state index is 12.4. The predicted molar refractivity (Wildman–Crippen MR) is 85.7 cm³/mol. The minimum atomic E-state index is -1.02. The largest absolute Gasteiger partial charge is 0.478 e. The zero-order valence-electron chi connectivity index (χ0n) is 13.2. The van der Waals surface area contributed by atoms with Crippen LogP contribution in [0.15, 0.2) is 24.3 Å². The number of carbonyl (C=O) groups excluding carboxylic acids is 1. The van der Waals surface area contributed by atoms with Crippen molar-refractivity contribution in [2.75, 3.05) is 6.61 Å². The van der Waals surface area contributed by atoms with Crippen molar-refractivity contribution in [2.45, 2.75) is 56.6 Å². The first-order chi connectivity index (χ1) is 11.1. The van der Waals surface area contributed by atoms with E-state index in [4.69, 9.17) is 9.84 Å². The second-order valence-electron chi connectivity index (χ2n) is 6.64. The highest BCUT2D eigenvalue weighted by Crippen LogP contribution is 2.38. The maximum Gasteiger partial charge on any atom is 0.335 e. The standard InChI is InChI=1S/C18H23NO4/c20-16(13-5-4-6-14(11-13)17(21)22)19-15-7-10-23-18(12-15)8-2-1-3-9-18/h4-6,11,15H,1-3,7-10,12H2,(H,19,20)(H,21,22). The van der Waals surface area contributed by atoms with Crippen LogP contribution in [0.1, 0.15) is 65.7 Å². The zero-order chi connectivity index (χ0) is 16.3. The number of hydrogen-bond acceptors (Lipinski definition) is 3. The van der Waals surface area contributed by atoms with E-state index >= 15 is 0 Å². The van der Waals surface area contributed by atoms with E-state index in [0.717, 1.165) is 25.7 Å². The van der Waals surface area contributed by atoms with E-state index in [-0.39, 0.29) is 23.1 Å². The number of aromatic carboxylic acids is 1. The van der Waals surface area contributed by atoms with Gasteiger partial charge in [0.15, 0.2) is 0 Å². The van der Waals surface area contributed by atoms with E-state index in [2.05, 4.69) is 5.32 Å². The average molecular weight is 317 g/mol. The average Bonchev–Trinajstić information content (AvgIpc) is 2.55. The molecule has 1 spiro atoms. The Labute approximate surface area is 136 Å². The van der Waals surface area contributed by atoms with Gasteiger partial charge in [0.2, 0.25) is 0 Å². The number of carbonyl (C=O) groups is 2. The number of ether oxygens (including phenoxy) is 1. The van der Waals surface area contributed by atoms with Gasteiger partial charge in [-0.2, -0.15) is 0 Å². The summed E-state index contributed by atoms with van der Waals surface area (Å²) in [4.78, 5) is 23.4. The molecule has 2 aliphatic rings. The SMILES string of the molecule is O=C(O)c1cccc(C(=O)NC2CCOC3(CCCCC3)C2)c1. The van der Waals surface area contributed by atoms with Crippen molar-refractivity contribution < 1.29 is 19.4 Å². The van der Waals surface area contributed by atoms with Crippen molar-refractivity contribution >= 4 is 11.9 Å². The maximum atomic E-state index is 12.4. The van der Waals surface area contributed by atoms with Crippen LogP contribution in [0, 0.1) is 0 Å². The van der Waals surface area contributed by atoms with Crippen LogP contribution in [-0.4, -0.2) is 35.2 Å². The first kappa shape index (κ1) is 16.0. The Balaban J connectivity index is 1.65. The van der Waals surface area contributed by atoms with Crippen LogP contribution in [0.25, 0.3) is 0 Å². The molecule has 1 heterocycles. The summed E-state index contributed by atoms with van der Waals surface area (Å²) >= 11 is 0. The molecule has 5 nitrogen and oxygen atoms in total. The molecule has 2 N–H and O–H groups in total. The Morgan fingerprint density at radius 2 is 1.91 bits per heavy atom. The Kier molecular flexibility index (Phi) is 4.66. The normalized spacial score (nSPS) is 23.4. The summed E-state index contributed by atoms with van der Waals surface area (Å²) < 4.78 is 6.05. The quantitative estimate of drug-likeness (QED) is 0.898. The lowest BCUT2D eigenvalue weighted by atomic mass is 9.78. The monoisotopic (exact) mass is 317 g/mol. The van der Waals surface area contributed by atoms with Gasteiger partial charge in [0.05, 0.1) is 11.2 Å². The highest BCUT2D eigenvalue weighted by Gasteiger charge is 2.38. The molecule has 2 fully saturated rings. The van der Waals surface area contributed by atoms with Crippen LogP contribution in [0.2, 0.25) is 0 Å². The molecule has 1 saturated heterocycles. The van der Waals surface area contributed by atoms with Gasteiger partial charge in [-0.15, -0.1) is 0 Å². The summed E-state index contributed by atoms with van der Waals surface area (Å²) in [6.07, 6.45) is 7.48. The van der Waals surface area contributed by atoms with Crippen molar-refractivity contribution in [3.05, 3.63) is 35.4 Å². The lowest BCUT2D eigenvalue weighted by molar-refractivity contribution is -0.107. The van der Waals surface area contributed by atoms with Crippen molar-refractivity contribution in [3.63, 3.8) is 0 Å². The molecule has 0 bridgehead atoms. The van der Waals surface area contributed by atoms with Gasteiger partial charge in [0.25, 0.3) is 5.91 Å². The molecule has 3 rings (SSSR count). The number of amides is 1. The van der Waals surface area contributed by atoms with Gasteiger partial charge in [0, 0.05) is 18.2 Å². The lowest BCUT2D eigenvalue weighted by Gasteiger charge is -2.43. The molecule has 1 aromatic rings. The molecule has 1 amide bonds. The second-order valence-corrected chi connectivity index (χ2v) is 6.64. The molecule has 1 aromatic carbocycles. The highest BCUT2D eigenvalue weighted by molar-refractivity contribution is 5.97. The zero-order valence-corrected chi connectivity index (χ0v) is 13.2. The van der Waals surface area contributed by atoms with Crippen LogP contribution in [0.4, 0.5) is 0 Å². The molecule has 1 unspecified atom stereocenters. The number of hydrogen-bond donors (Lipinski definition) is 2. The topological polar surface area (TPSA) is 75.6 Å². The number of nitrogens with one attached hydrogen (secondary N) is 1. The summed E-state index contributed by atoms with van der Waals surface area (Å²) in [6.45, 7) is 0.681. The second kappa shape index (κ2) is 6.71. The van der Waals surface area contributed by atoms with Gasteiger partial charge >= 0.3 is 5.97 Å². The predicted octanol–water partition coefficient (Wildman–Crippen LogP) is 3.00. The third kappa shape index (κ3) is 3.72. The Bertz CT molecular complexity index is 587. The van der Waals surface area contributed by atoms with Crippen LogP contribution >= 0.6 is 0 Å². The molecule has 23 heavy (non-hydrogen) atoms. The fourth-order valence-corrected chi connectivity index (χ4v) is 3.76. The molecule has 0 radical (unpaired) electrons. The summed E-state index contributed by atoms with van der Waals surface area (Å²) in [6, 6.07) is 6.27. The molecular weight excluding hydrogens is 294 g/mol. The first-order valence-corrected chi connectivity index (χ1v) is 8.36. The van der Waals surface area contributed by atoms with Crippen molar-refractivity contribution in [2.24, 2.45) is 0 Å². The molecule has 1 aliphatic heterocycles. The first-order valence-electron chi connectivity index (χ1n) is 8.36. The van der Waals surface area contributed by atoms with Gasteiger partial charge in [-0.3, -0.25) is 4.79 Å². The third-order valence-electron chi connectivity index (χ3n) is 4.96. The van der Waals surface area contributed by atoms with Gasteiger partial charge in [0.1, 0.15) is 0 Å². The van der Waals surface area contributed by atoms with E-state index in [1.54, 1.807) is 12.1 Å². The fourth-order valence-electron chi connectivity index (χ4n) is 3.76. The fraction of sp³-hybridized carbons (Fsp3) is 0.556. The highest BCUT2D eigenvalue weighted by atomic mass is 16.5. The summed E-state index contributed by atoms with van der Waals surface area (Å²) in [5.41, 5.74) is 0.472. The van der Waals surface area contributed by atoms with Gasteiger partial charge in [-0.05, 0) is 43.9 Å². The summed E-state index contributed by atoms with van der Waals surface area (Å²) in [7, 11) is 0. The van der Waals surface area contributed by atoms with Crippen LogP contribution in [0.3, 0.4) is 0 Å². The molecule has 0 aromatic heterocycles. The summed E-state index contributed by atoms with van der Waals surface area (Å²) in [5.74, 6) is -1.22. The van der Waals surface area contributed by atoms with Crippen LogP contribution in [0.5, 0.6) is 0 Å². The number of carboxylic acid groups (broad SMARTS) is 1. The molecule has 5 heteroatoms.